The quantitative estimate of drug-likeness (QED) is 0.718. The third-order valence-electron chi connectivity index (χ3n) is 3.00. The highest BCUT2D eigenvalue weighted by atomic mass is 79.9. The summed E-state index contributed by atoms with van der Waals surface area (Å²) in [6.07, 6.45) is 0.788. The molecule has 110 valence electrons. The Morgan fingerprint density at radius 2 is 1.76 bits per heavy atom. The van der Waals surface area contributed by atoms with E-state index in [4.69, 9.17) is 9.47 Å². The fourth-order valence-corrected chi connectivity index (χ4v) is 2.28. The number of aldehydes is 1. The van der Waals surface area contributed by atoms with Gasteiger partial charge in [0.2, 0.25) is 0 Å². The zero-order valence-corrected chi connectivity index (χ0v) is 13.6. The van der Waals surface area contributed by atoms with Crippen molar-refractivity contribution >= 4 is 22.2 Å². The van der Waals surface area contributed by atoms with Crippen molar-refractivity contribution in [2.75, 3.05) is 6.61 Å². The molecule has 2 aromatic carbocycles. The number of rotatable bonds is 6. The maximum atomic E-state index is 11.0. The molecular weight excluding hydrogens is 332 g/mol. The van der Waals surface area contributed by atoms with E-state index in [0.29, 0.717) is 34.7 Å². The highest BCUT2D eigenvalue weighted by Crippen LogP contribution is 2.33. The van der Waals surface area contributed by atoms with Crippen LogP contribution in [0.1, 0.15) is 28.4 Å². The Labute approximate surface area is 133 Å². The minimum atomic E-state index is 0.452. The van der Waals surface area contributed by atoms with E-state index < -0.39 is 0 Å². The second kappa shape index (κ2) is 7.27. The molecule has 0 N–H and O–H groups in total. The minimum absolute atomic E-state index is 0.452. The smallest absolute Gasteiger partial charge is 0.162 e. The minimum Gasteiger partial charge on any atom is -0.490 e. The van der Waals surface area contributed by atoms with Crippen LogP contribution in [-0.2, 0) is 6.61 Å². The summed E-state index contributed by atoms with van der Waals surface area (Å²) < 4.78 is 12.1. The van der Waals surface area contributed by atoms with Gasteiger partial charge in [0.05, 0.1) is 6.61 Å². The van der Waals surface area contributed by atoms with E-state index in [1.165, 1.54) is 5.56 Å². The number of hydrogen-bond donors (Lipinski definition) is 0. The predicted molar refractivity (Wildman–Crippen MR) is 86.2 cm³/mol. The molecule has 3 nitrogen and oxygen atoms in total. The Balaban J connectivity index is 2.19. The average molecular weight is 349 g/mol. The predicted octanol–water partition coefficient (Wildman–Crippen LogP) is 4.55. The second-order valence-electron chi connectivity index (χ2n) is 4.65. The summed E-state index contributed by atoms with van der Waals surface area (Å²) >= 11 is 3.36. The Bertz CT molecular complexity index is 621. The fraction of sp³-hybridized carbons (Fsp3) is 0.235. The third kappa shape index (κ3) is 4.08. The van der Waals surface area contributed by atoms with E-state index >= 15 is 0 Å². The normalized spacial score (nSPS) is 10.2. The van der Waals surface area contributed by atoms with E-state index in [1.807, 2.05) is 38.1 Å². The molecule has 0 aliphatic rings. The van der Waals surface area contributed by atoms with Crippen LogP contribution in [0, 0.1) is 6.92 Å². The largest absolute Gasteiger partial charge is 0.490 e. The molecule has 4 heteroatoms. The van der Waals surface area contributed by atoms with Crippen LogP contribution in [0.5, 0.6) is 11.5 Å². The van der Waals surface area contributed by atoms with Crippen LogP contribution in [0.4, 0.5) is 0 Å². The summed E-state index contributed by atoms with van der Waals surface area (Å²) in [5.74, 6) is 1.20. The van der Waals surface area contributed by atoms with Crippen molar-refractivity contribution in [3.63, 3.8) is 0 Å². The van der Waals surface area contributed by atoms with Crippen molar-refractivity contribution in [1.29, 1.82) is 0 Å². The van der Waals surface area contributed by atoms with Crippen LogP contribution in [0.15, 0.2) is 40.9 Å². The standard InChI is InChI=1S/C17H17BrO3/c1-3-20-16-8-14(10-19)15(18)9-17(16)21-11-13-6-4-12(2)5-7-13/h4-10H,3,11H2,1-2H3. The number of halogens is 1. The summed E-state index contributed by atoms with van der Waals surface area (Å²) in [6, 6.07) is 11.6. The fourth-order valence-electron chi connectivity index (χ4n) is 1.87. The van der Waals surface area contributed by atoms with Gasteiger partial charge in [0, 0.05) is 10.0 Å². The molecule has 0 amide bonds. The lowest BCUT2D eigenvalue weighted by molar-refractivity contribution is 0.112. The van der Waals surface area contributed by atoms with E-state index in [0.717, 1.165) is 11.8 Å². The molecule has 0 aliphatic heterocycles. The summed E-state index contributed by atoms with van der Waals surface area (Å²) in [5.41, 5.74) is 2.84. The summed E-state index contributed by atoms with van der Waals surface area (Å²) in [5, 5.41) is 0. The average Bonchev–Trinajstić information content (AvgIpc) is 2.49. The van der Waals surface area contributed by atoms with Crippen LogP contribution in [0.25, 0.3) is 0 Å². The number of ether oxygens (including phenoxy) is 2. The first-order chi connectivity index (χ1) is 10.1. The van der Waals surface area contributed by atoms with Crippen molar-refractivity contribution in [3.05, 3.63) is 57.6 Å². The van der Waals surface area contributed by atoms with Crippen molar-refractivity contribution in [3.8, 4) is 11.5 Å². The van der Waals surface area contributed by atoms with Gasteiger partial charge in [-0.1, -0.05) is 29.8 Å². The first-order valence-corrected chi connectivity index (χ1v) is 7.53. The Morgan fingerprint density at radius 3 is 2.38 bits per heavy atom. The Hall–Kier alpha value is -1.81. The molecule has 0 spiro atoms. The third-order valence-corrected chi connectivity index (χ3v) is 3.69. The van der Waals surface area contributed by atoms with E-state index in [1.54, 1.807) is 12.1 Å². The number of carbonyl (C=O) groups excluding carboxylic acids is 1. The molecule has 0 bridgehead atoms. The molecule has 21 heavy (non-hydrogen) atoms. The van der Waals surface area contributed by atoms with Crippen LogP contribution in [0.2, 0.25) is 0 Å². The van der Waals surface area contributed by atoms with Crippen LogP contribution in [0.3, 0.4) is 0 Å². The Kier molecular flexibility index (Phi) is 5.39. The lowest BCUT2D eigenvalue weighted by Crippen LogP contribution is -2.01. The van der Waals surface area contributed by atoms with Crippen molar-refractivity contribution < 1.29 is 14.3 Å². The number of aryl methyl sites for hydroxylation is 1. The molecule has 0 unspecified atom stereocenters. The number of carbonyl (C=O) groups is 1. The maximum Gasteiger partial charge on any atom is 0.162 e. The summed E-state index contributed by atoms with van der Waals surface area (Å²) in [4.78, 5) is 11.0. The van der Waals surface area contributed by atoms with Gasteiger partial charge in [-0.3, -0.25) is 4.79 Å². The van der Waals surface area contributed by atoms with Crippen molar-refractivity contribution in [2.45, 2.75) is 20.5 Å². The van der Waals surface area contributed by atoms with Gasteiger partial charge < -0.3 is 9.47 Å². The first-order valence-electron chi connectivity index (χ1n) is 6.74. The number of hydrogen-bond acceptors (Lipinski definition) is 3. The molecule has 0 heterocycles. The molecule has 0 atom stereocenters. The molecule has 0 aliphatic carbocycles. The van der Waals surface area contributed by atoms with Gasteiger partial charge in [-0.15, -0.1) is 0 Å². The zero-order valence-electron chi connectivity index (χ0n) is 12.1. The topological polar surface area (TPSA) is 35.5 Å². The van der Waals surface area contributed by atoms with Crippen LogP contribution in [-0.4, -0.2) is 12.9 Å². The molecule has 0 aromatic heterocycles. The van der Waals surface area contributed by atoms with Gasteiger partial charge in [0.15, 0.2) is 17.8 Å². The first kappa shape index (κ1) is 15.6. The molecule has 2 rings (SSSR count). The zero-order chi connectivity index (χ0) is 15.2. The van der Waals surface area contributed by atoms with Gasteiger partial charge >= 0.3 is 0 Å². The summed E-state index contributed by atoms with van der Waals surface area (Å²) in [7, 11) is 0. The monoisotopic (exact) mass is 348 g/mol. The van der Waals surface area contributed by atoms with Gasteiger partial charge in [0.1, 0.15) is 6.61 Å². The maximum absolute atomic E-state index is 11.0. The van der Waals surface area contributed by atoms with Gasteiger partial charge in [-0.2, -0.15) is 0 Å². The van der Waals surface area contributed by atoms with Crippen LogP contribution >= 0.6 is 15.9 Å². The molecule has 0 radical (unpaired) electrons. The molecule has 2 aromatic rings. The highest BCUT2D eigenvalue weighted by Gasteiger charge is 2.10. The lowest BCUT2D eigenvalue weighted by Gasteiger charge is -2.13. The molecule has 0 saturated heterocycles. The number of benzene rings is 2. The van der Waals surface area contributed by atoms with Gasteiger partial charge in [-0.05, 0) is 47.5 Å². The van der Waals surface area contributed by atoms with Gasteiger partial charge in [0.25, 0.3) is 0 Å². The molecular formula is C17H17BrO3. The molecule has 0 saturated carbocycles. The SMILES string of the molecule is CCOc1cc(C=O)c(Br)cc1OCc1ccc(C)cc1. The lowest BCUT2D eigenvalue weighted by atomic mass is 10.2. The van der Waals surface area contributed by atoms with E-state index in [-0.39, 0.29) is 0 Å². The highest BCUT2D eigenvalue weighted by molar-refractivity contribution is 9.10. The van der Waals surface area contributed by atoms with Crippen LogP contribution < -0.4 is 9.47 Å². The van der Waals surface area contributed by atoms with E-state index in [2.05, 4.69) is 15.9 Å². The van der Waals surface area contributed by atoms with E-state index in [9.17, 15) is 4.79 Å². The van der Waals surface area contributed by atoms with Gasteiger partial charge in [-0.25, -0.2) is 0 Å². The summed E-state index contributed by atoms with van der Waals surface area (Å²) in [6.45, 7) is 4.91. The molecule has 0 fully saturated rings. The van der Waals surface area contributed by atoms with Crippen molar-refractivity contribution in [2.24, 2.45) is 0 Å². The second-order valence-corrected chi connectivity index (χ2v) is 5.50. The Morgan fingerprint density at radius 1 is 1.10 bits per heavy atom. The van der Waals surface area contributed by atoms with Crippen molar-refractivity contribution in [1.82, 2.24) is 0 Å².